The highest BCUT2D eigenvalue weighted by Crippen LogP contribution is 2.19. The highest BCUT2D eigenvalue weighted by atomic mass is 35.5. The fourth-order valence-corrected chi connectivity index (χ4v) is 2.26. The number of amides is 1. The van der Waals surface area contributed by atoms with E-state index in [4.69, 9.17) is 11.6 Å². The summed E-state index contributed by atoms with van der Waals surface area (Å²) in [7, 11) is 0. The molecule has 1 aromatic heterocycles. The molecule has 2 rings (SSSR count). The Morgan fingerprint density at radius 3 is 3.00 bits per heavy atom. The molecule has 0 saturated heterocycles. The lowest BCUT2D eigenvalue weighted by Gasteiger charge is -2.13. The van der Waals surface area contributed by atoms with E-state index < -0.39 is 5.82 Å². The predicted octanol–water partition coefficient (Wildman–Crippen LogP) is 2.67. The molecule has 1 N–H and O–H groups in total. The van der Waals surface area contributed by atoms with Gasteiger partial charge in [0, 0.05) is 36.1 Å². The van der Waals surface area contributed by atoms with Crippen molar-refractivity contribution in [3.63, 3.8) is 0 Å². The van der Waals surface area contributed by atoms with E-state index in [9.17, 15) is 9.18 Å². The third kappa shape index (κ3) is 4.56. The predicted molar refractivity (Wildman–Crippen MR) is 79.5 cm³/mol. The van der Waals surface area contributed by atoms with Crippen LogP contribution in [-0.2, 0) is 17.8 Å². The molecule has 1 atom stereocenters. The fraction of sp³-hybridized carbons (Fsp3) is 0.333. The topological polar surface area (TPSA) is 46.9 Å². The molecule has 1 amide bonds. The number of benzene rings is 1. The van der Waals surface area contributed by atoms with Crippen molar-refractivity contribution in [2.24, 2.45) is 5.92 Å². The number of nitrogens with zero attached hydrogens (tertiary/aromatic N) is 2. The van der Waals surface area contributed by atoms with E-state index in [1.54, 1.807) is 18.6 Å². The Bertz CT molecular complexity index is 581. The van der Waals surface area contributed by atoms with E-state index in [2.05, 4.69) is 10.3 Å². The number of halogens is 2. The van der Waals surface area contributed by atoms with Gasteiger partial charge in [0.2, 0.25) is 5.91 Å². The molecule has 2 aromatic rings. The van der Waals surface area contributed by atoms with Crippen LogP contribution in [0.1, 0.15) is 12.5 Å². The molecule has 1 aromatic carbocycles. The Labute approximate surface area is 127 Å². The van der Waals surface area contributed by atoms with Crippen molar-refractivity contribution in [1.29, 1.82) is 0 Å². The van der Waals surface area contributed by atoms with E-state index in [1.165, 1.54) is 12.1 Å². The number of rotatable bonds is 6. The Hall–Kier alpha value is -1.88. The zero-order valence-electron chi connectivity index (χ0n) is 11.7. The zero-order valence-corrected chi connectivity index (χ0v) is 12.5. The molecule has 4 nitrogen and oxygen atoms in total. The average molecular weight is 310 g/mol. The number of nitrogens with one attached hydrogen (secondary N) is 1. The van der Waals surface area contributed by atoms with Crippen LogP contribution in [0.25, 0.3) is 0 Å². The van der Waals surface area contributed by atoms with Crippen LogP contribution in [0.2, 0.25) is 5.02 Å². The molecule has 0 aliphatic rings. The lowest BCUT2D eigenvalue weighted by atomic mass is 10.1. The lowest BCUT2D eigenvalue weighted by Crippen LogP contribution is -2.31. The fourth-order valence-electron chi connectivity index (χ4n) is 2.03. The molecule has 6 heteroatoms. The molecule has 1 unspecified atom stereocenters. The molecular weight excluding hydrogens is 293 g/mol. The smallest absolute Gasteiger partial charge is 0.224 e. The van der Waals surface area contributed by atoms with Gasteiger partial charge in [0.15, 0.2) is 0 Å². The summed E-state index contributed by atoms with van der Waals surface area (Å²) in [5.41, 5.74) is 0.235. The molecule has 112 valence electrons. The first-order valence-electron chi connectivity index (χ1n) is 6.71. The quantitative estimate of drug-likeness (QED) is 0.892. The van der Waals surface area contributed by atoms with Gasteiger partial charge < -0.3 is 9.88 Å². The minimum absolute atomic E-state index is 0.0523. The van der Waals surface area contributed by atoms with Crippen molar-refractivity contribution < 1.29 is 9.18 Å². The van der Waals surface area contributed by atoms with E-state index in [1.807, 2.05) is 17.7 Å². The number of imidazole rings is 1. The van der Waals surface area contributed by atoms with Crippen molar-refractivity contribution >= 4 is 17.5 Å². The third-order valence-electron chi connectivity index (χ3n) is 3.13. The van der Waals surface area contributed by atoms with Crippen LogP contribution in [0.5, 0.6) is 0 Å². The van der Waals surface area contributed by atoms with Gasteiger partial charge in [0.25, 0.3) is 0 Å². The van der Waals surface area contributed by atoms with Crippen molar-refractivity contribution in [2.75, 3.05) is 6.54 Å². The maximum Gasteiger partial charge on any atom is 0.224 e. The summed E-state index contributed by atoms with van der Waals surface area (Å²) >= 11 is 5.90. The molecule has 0 aliphatic carbocycles. The highest BCUT2D eigenvalue weighted by molar-refractivity contribution is 6.31. The molecular formula is C15H17ClFN3O. The first-order valence-corrected chi connectivity index (χ1v) is 7.09. The normalized spacial score (nSPS) is 12.1. The van der Waals surface area contributed by atoms with E-state index in [-0.39, 0.29) is 28.8 Å². The number of carbonyl (C=O) groups excluding carboxylic acids is 1. The van der Waals surface area contributed by atoms with E-state index >= 15 is 0 Å². The monoisotopic (exact) mass is 309 g/mol. The minimum atomic E-state index is -0.455. The van der Waals surface area contributed by atoms with Crippen LogP contribution >= 0.6 is 11.6 Å². The van der Waals surface area contributed by atoms with Gasteiger partial charge in [-0.1, -0.05) is 24.6 Å². The van der Waals surface area contributed by atoms with Gasteiger partial charge in [-0.25, -0.2) is 9.37 Å². The second-order valence-corrected chi connectivity index (χ2v) is 5.45. The van der Waals surface area contributed by atoms with Crippen LogP contribution in [0.3, 0.4) is 0 Å². The molecule has 21 heavy (non-hydrogen) atoms. The molecule has 0 spiro atoms. The Kier molecular flexibility index (Phi) is 5.33. The van der Waals surface area contributed by atoms with E-state index in [0.717, 1.165) is 6.54 Å². The molecule has 0 aliphatic heterocycles. The van der Waals surface area contributed by atoms with Gasteiger partial charge in [-0.2, -0.15) is 0 Å². The summed E-state index contributed by atoms with van der Waals surface area (Å²) < 4.78 is 15.5. The Morgan fingerprint density at radius 2 is 2.33 bits per heavy atom. The second-order valence-electron chi connectivity index (χ2n) is 5.05. The molecule has 0 fully saturated rings. The number of aromatic nitrogens is 2. The largest absolute Gasteiger partial charge is 0.355 e. The van der Waals surface area contributed by atoms with Crippen LogP contribution in [0, 0.1) is 11.7 Å². The number of carbonyl (C=O) groups is 1. The van der Waals surface area contributed by atoms with Gasteiger partial charge in [-0.05, 0) is 18.1 Å². The van der Waals surface area contributed by atoms with Gasteiger partial charge in [0.1, 0.15) is 5.82 Å². The number of hydrogen-bond donors (Lipinski definition) is 1. The highest BCUT2D eigenvalue weighted by Gasteiger charge is 2.12. The standard InChI is InChI=1S/C15H17ClFN3O/c1-11(9-20-6-5-18-10-20)8-19-15(21)7-12-13(16)3-2-4-14(12)17/h2-6,10-11H,7-9H2,1H3,(H,19,21). The summed E-state index contributed by atoms with van der Waals surface area (Å²) in [4.78, 5) is 15.8. The van der Waals surface area contributed by atoms with Crippen LogP contribution in [0.4, 0.5) is 4.39 Å². The van der Waals surface area contributed by atoms with Gasteiger partial charge in [0.05, 0.1) is 12.7 Å². The van der Waals surface area contributed by atoms with Crippen LogP contribution in [0.15, 0.2) is 36.9 Å². The molecule has 0 saturated carbocycles. The summed E-state index contributed by atoms with van der Waals surface area (Å²) in [5, 5.41) is 3.07. The minimum Gasteiger partial charge on any atom is -0.355 e. The maximum atomic E-state index is 13.6. The summed E-state index contributed by atoms with van der Waals surface area (Å²) in [6.45, 7) is 3.31. The van der Waals surface area contributed by atoms with Gasteiger partial charge in [-0.3, -0.25) is 4.79 Å². The van der Waals surface area contributed by atoms with Crippen molar-refractivity contribution in [3.05, 3.63) is 53.3 Å². The molecule has 1 heterocycles. The first kappa shape index (κ1) is 15.5. The first-order chi connectivity index (χ1) is 10.1. The number of hydrogen-bond acceptors (Lipinski definition) is 2. The maximum absolute atomic E-state index is 13.6. The van der Waals surface area contributed by atoms with Crippen molar-refractivity contribution in [3.8, 4) is 0 Å². The second kappa shape index (κ2) is 7.22. The zero-order chi connectivity index (χ0) is 15.2. The summed E-state index contributed by atoms with van der Waals surface area (Å²) in [6.07, 6.45) is 5.27. The Morgan fingerprint density at radius 1 is 1.52 bits per heavy atom. The summed E-state index contributed by atoms with van der Waals surface area (Å²) in [5.74, 6) is -0.442. The van der Waals surface area contributed by atoms with Gasteiger partial charge in [-0.15, -0.1) is 0 Å². The Balaban J connectivity index is 1.82. The van der Waals surface area contributed by atoms with Crippen molar-refractivity contribution in [1.82, 2.24) is 14.9 Å². The molecule has 0 bridgehead atoms. The third-order valence-corrected chi connectivity index (χ3v) is 3.48. The van der Waals surface area contributed by atoms with E-state index in [0.29, 0.717) is 6.54 Å². The van der Waals surface area contributed by atoms with Gasteiger partial charge >= 0.3 is 0 Å². The SMILES string of the molecule is CC(CNC(=O)Cc1c(F)cccc1Cl)Cn1ccnc1. The van der Waals surface area contributed by atoms with Crippen LogP contribution < -0.4 is 5.32 Å². The average Bonchev–Trinajstić information content (AvgIpc) is 2.94. The summed E-state index contributed by atoms with van der Waals surface area (Å²) in [6, 6.07) is 4.40. The molecule has 0 radical (unpaired) electrons. The lowest BCUT2D eigenvalue weighted by molar-refractivity contribution is -0.120. The van der Waals surface area contributed by atoms with Crippen LogP contribution in [-0.4, -0.2) is 22.0 Å². The van der Waals surface area contributed by atoms with Crippen molar-refractivity contribution in [2.45, 2.75) is 19.9 Å².